The maximum absolute atomic E-state index is 13.2. The number of anilines is 1. The van der Waals surface area contributed by atoms with Crippen LogP contribution in [0.4, 0.5) is 5.13 Å². The highest BCUT2D eigenvalue weighted by molar-refractivity contribution is 7.22. The van der Waals surface area contributed by atoms with Crippen LogP contribution in [0, 0.1) is 6.92 Å². The van der Waals surface area contributed by atoms with Crippen molar-refractivity contribution in [2.75, 3.05) is 4.90 Å². The van der Waals surface area contributed by atoms with Crippen molar-refractivity contribution in [1.29, 1.82) is 0 Å². The van der Waals surface area contributed by atoms with Crippen LogP contribution >= 0.6 is 22.9 Å². The number of benzene rings is 3. The van der Waals surface area contributed by atoms with Crippen molar-refractivity contribution in [1.82, 2.24) is 4.98 Å². The third kappa shape index (κ3) is 3.38. The van der Waals surface area contributed by atoms with Crippen molar-refractivity contribution in [3.63, 3.8) is 0 Å². The molecule has 5 nitrogen and oxygen atoms in total. The minimum absolute atomic E-state index is 0.0282. The molecule has 1 amide bonds. The Kier molecular flexibility index (Phi) is 5.04. The number of fused-ring (bicyclic) bond motifs is 1. The highest BCUT2D eigenvalue weighted by Crippen LogP contribution is 2.44. The van der Waals surface area contributed by atoms with Crippen molar-refractivity contribution < 1.29 is 14.7 Å². The van der Waals surface area contributed by atoms with Gasteiger partial charge < -0.3 is 5.11 Å². The van der Waals surface area contributed by atoms with Gasteiger partial charge >= 0.3 is 5.91 Å². The third-order valence-electron chi connectivity index (χ3n) is 5.44. The van der Waals surface area contributed by atoms with E-state index in [0.29, 0.717) is 21.3 Å². The predicted octanol–water partition coefficient (Wildman–Crippen LogP) is 5.88. The molecule has 1 saturated heterocycles. The van der Waals surface area contributed by atoms with Crippen LogP contribution in [0.2, 0.25) is 5.02 Å². The van der Waals surface area contributed by atoms with Gasteiger partial charge in [0.15, 0.2) is 5.13 Å². The normalized spacial score (nSPS) is 17.9. The fourth-order valence-electron chi connectivity index (χ4n) is 3.82. The molecule has 158 valence electrons. The first-order valence-corrected chi connectivity index (χ1v) is 11.1. The number of nitrogens with zero attached hydrogens (tertiary/aromatic N) is 2. The molecule has 0 radical (unpaired) electrons. The van der Waals surface area contributed by atoms with E-state index in [9.17, 15) is 14.7 Å². The van der Waals surface area contributed by atoms with E-state index >= 15 is 0 Å². The lowest BCUT2D eigenvalue weighted by atomic mass is 9.95. The molecule has 0 saturated carbocycles. The Balaban J connectivity index is 1.73. The second-order valence-corrected chi connectivity index (χ2v) is 9.00. The number of ketones is 1. The molecule has 1 aliphatic heterocycles. The number of aromatic nitrogens is 1. The number of rotatable bonds is 3. The summed E-state index contributed by atoms with van der Waals surface area (Å²) in [5, 5.41) is 12.0. The molecule has 5 rings (SSSR count). The molecular formula is C25H17ClN2O3S. The smallest absolute Gasteiger partial charge is 0.301 e. The zero-order chi connectivity index (χ0) is 22.4. The number of hydrogen-bond donors (Lipinski definition) is 1. The highest BCUT2D eigenvalue weighted by atomic mass is 35.5. The number of hydrogen-bond acceptors (Lipinski definition) is 5. The summed E-state index contributed by atoms with van der Waals surface area (Å²) in [4.78, 5) is 32.4. The van der Waals surface area contributed by atoms with Gasteiger partial charge in [-0.05, 0) is 48.9 Å². The van der Waals surface area contributed by atoms with Gasteiger partial charge in [-0.15, -0.1) is 0 Å². The molecule has 0 unspecified atom stereocenters. The van der Waals surface area contributed by atoms with E-state index in [0.717, 1.165) is 15.8 Å². The topological polar surface area (TPSA) is 70.5 Å². The SMILES string of the molecule is Cc1ccc([C@H]2C(=C(O)c3ccc(Cl)cc3)C(=O)C(=O)N2c2nc3ccccc3s2)cc1. The fraction of sp³-hybridized carbons (Fsp3) is 0.0800. The van der Waals surface area contributed by atoms with Crippen LogP contribution in [0.15, 0.2) is 78.4 Å². The van der Waals surface area contributed by atoms with Gasteiger partial charge in [0, 0.05) is 10.6 Å². The Morgan fingerprint density at radius 1 is 1.00 bits per heavy atom. The quantitative estimate of drug-likeness (QED) is 0.235. The van der Waals surface area contributed by atoms with Gasteiger partial charge in [0.05, 0.1) is 21.8 Å². The van der Waals surface area contributed by atoms with Crippen molar-refractivity contribution >= 4 is 55.7 Å². The van der Waals surface area contributed by atoms with E-state index in [1.807, 2.05) is 55.5 Å². The standard InChI is InChI=1S/C25H17ClN2O3S/c1-14-6-8-15(9-7-14)21-20(22(29)16-10-12-17(26)13-11-16)23(30)24(31)28(21)25-27-18-4-2-3-5-19(18)32-25/h2-13,21,29H,1H3/t21-/m0/s1. The van der Waals surface area contributed by atoms with Crippen LogP contribution in [0.1, 0.15) is 22.7 Å². The minimum Gasteiger partial charge on any atom is -0.507 e. The highest BCUT2D eigenvalue weighted by Gasteiger charge is 2.48. The van der Waals surface area contributed by atoms with E-state index < -0.39 is 17.7 Å². The summed E-state index contributed by atoms with van der Waals surface area (Å²) < 4.78 is 0.907. The van der Waals surface area contributed by atoms with Gasteiger partial charge in [0.1, 0.15) is 5.76 Å². The van der Waals surface area contributed by atoms with E-state index in [-0.39, 0.29) is 11.3 Å². The molecule has 2 heterocycles. The molecule has 1 N–H and O–H groups in total. The zero-order valence-electron chi connectivity index (χ0n) is 16.9. The summed E-state index contributed by atoms with van der Waals surface area (Å²) in [6.07, 6.45) is 0. The summed E-state index contributed by atoms with van der Waals surface area (Å²) in [5.74, 6) is -1.71. The molecule has 0 spiro atoms. The number of amides is 1. The molecule has 3 aromatic carbocycles. The Morgan fingerprint density at radius 2 is 1.69 bits per heavy atom. The lowest BCUT2D eigenvalue weighted by Gasteiger charge is -2.23. The molecule has 1 aromatic heterocycles. The van der Waals surface area contributed by atoms with Crippen molar-refractivity contribution in [3.05, 3.63) is 100 Å². The van der Waals surface area contributed by atoms with Crippen LogP contribution in [-0.2, 0) is 9.59 Å². The Bertz CT molecular complexity index is 1360. The van der Waals surface area contributed by atoms with Crippen LogP contribution < -0.4 is 4.90 Å². The van der Waals surface area contributed by atoms with Crippen LogP contribution in [-0.4, -0.2) is 21.8 Å². The molecule has 1 atom stereocenters. The van der Waals surface area contributed by atoms with Crippen LogP contribution in [0.3, 0.4) is 0 Å². The van der Waals surface area contributed by atoms with Gasteiger partial charge in [-0.1, -0.05) is 64.9 Å². The van der Waals surface area contributed by atoms with Crippen molar-refractivity contribution in [2.45, 2.75) is 13.0 Å². The van der Waals surface area contributed by atoms with Gasteiger partial charge in [0.2, 0.25) is 0 Å². The Morgan fingerprint density at radius 3 is 2.38 bits per heavy atom. The minimum atomic E-state index is -0.799. The third-order valence-corrected chi connectivity index (χ3v) is 6.73. The summed E-state index contributed by atoms with van der Waals surface area (Å²) in [5.41, 5.74) is 2.94. The molecule has 0 aliphatic carbocycles. The van der Waals surface area contributed by atoms with Gasteiger partial charge in [-0.3, -0.25) is 14.5 Å². The Hall–Kier alpha value is -3.48. The number of carbonyl (C=O) groups excluding carboxylic acids is 2. The number of carbonyl (C=O) groups is 2. The van der Waals surface area contributed by atoms with Crippen LogP contribution in [0.25, 0.3) is 16.0 Å². The first-order chi connectivity index (χ1) is 15.4. The second kappa shape index (κ2) is 7.89. The van der Waals surface area contributed by atoms with Crippen LogP contribution in [0.5, 0.6) is 0 Å². The molecule has 4 aromatic rings. The number of halogens is 1. The van der Waals surface area contributed by atoms with E-state index in [1.54, 1.807) is 24.3 Å². The van der Waals surface area contributed by atoms with Gasteiger partial charge in [0.25, 0.3) is 5.78 Å². The van der Waals surface area contributed by atoms with E-state index in [1.165, 1.54) is 16.2 Å². The average molecular weight is 461 g/mol. The number of aliphatic hydroxyl groups excluding tert-OH is 1. The number of Topliss-reactive ketones (excluding diaryl/α,β-unsaturated/α-hetero) is 1. The number of thiazole rings is 1. The maximum Gasteiger partial charge on any atom is 0.301 e. The predicted molar refractivity (Wildman–Crippen MR) is 127 cm³/mol. The summed E-state index contributed by atoms with van der Waals surface area (Å²) >= 11 is 7.31. The summed E-state index contributed by atoms with van der Waals surface area (Å²) in [7, 11) is 0. The molecule has 1 fully saturated rings. The second-order valence-electron chi connectivity index (χ2n) is 7.55. The van der Waals surface area contributed by atoms with Crippen molar-refractivity contribution in [2.24, 2.45) is 0 Å². The number of aliphatic hydroxyl groups is 1. The molecule has 32 heavy (non-hydrogen) atoms. The number of para-hydroxylation sites is 1. The lowest BCUT2D eigenvalue weighted by molar-refractivity contribution is -0.132. The zero-order valence-corrected chi connectivity index (χ0v) is 18.5. The van der Waals surface area contributed by atoms with Gasteiger partial charge in [-0.25, -0.2) is 4.98 Å². The lowest BCUT2D eigenvalue weighted by Crippen LogP contribution is -2.29. The van der Waals surface area contributed by atoms with E-state index in [2.05, 4.69) is 4.98 Å². The summed E-state index contributed by atoms with van der Waals surface area (Å²) in [6.45, 7) is 1.96. The van der Waals surface area contributed by atoms with Gasteiger partial charge in [-0.2, -0.15) is 0 Å². The maximum atomic E-state index is 13.2. The monoisotopic (exact) mass is 460 g/mol. The van der Waals surface area contributed by atoms with Crippen molar-refractivity contribution in [3.8, 4) is 0 Å². The first-order valence-electron chi connectivity index (χ1n) is 9.93. The molecule has 0 bridgehead atoms. The van der Waals surface area contributed by atoms with E-state index in [4.69, 9.17) is 11.6 Å². The fourth-order valence-corrected chi connectivity index (χ4v) is 4.94. The number of aryl methyl sites for hydroxylation is 1. The Labute approximate surface area is 193 Å². The summed E-state index contributed by atoms with van der Waals surface area (Å²) in [6, 6.07) is 20.8. The first kappa shape index (κ1) is 20.4. The molecule has 7 heteroatoms. The largest absolute Gasteiger partial charge is 0.507 e. The molecular weight excluding hydrogens is 444 g/mol. The molecule has 1 aliphatic rings. The average Bonchev–Trinajstić information content (AvgIpc) is 3.33.